The van der Waals surface area contributed by atoms with Crippen molar-refractivity contribution in [3.8, 4) is 0 Å². The standard InChI is InChI=1S/C21H23N5O5S/c1-4-11-26-21(29)16-8-6-5-7-15(16)18(25-26)20(28)24-23-19(27)17-12-14(10-9-13(17)2)32(30,31)22-3/h5-10,12,22H,4,11H2,1-3H3,(H,23,27)(H,24,28). The van der Waals surface area contributed by atoms with Gasteiger partial charge in [0.05, 0.1) is 10.3 Å². The third-order valence-electron chi connectivity index (χ3n) is 4.84. The van der Waals surface area contributed by atoms with E-state index in [0.29, 0.717) is 29.3 Å². The van der Waals surface area contributed by atoms with Crippen LogP contribution in [-0.2, 0) is 16.6 Å². The molecule has 0 fully saturated rings. The van der Waals surface area contributed by atoms with E-state index in [4.69, 9.17) is 0 Å². The second-order valence-electron chi connectivity index (χ2n) is 7.02. The molecule has 168 valence electrons. The summed E-state index contributed by atoms with van der Waals surface area (Å²) in [7, 11) is -2.48. The van der Waals surface area contributed by atoms with Gasteiger partial charge in [-0.25, -0.2) is 17.8 Å². The third-order valence-corrected chi connectivity index (χ3v) is 6.25. The largest absolute Gasteiger partial charge is 0.290 e. The van der Waals surface area contributed by atoms with Crippen LogP contribution in [-0.4, -0.2) is 37.1 Å². The third kappa shape index (κ3) is 4.53. The van der Waals surface area contributed by atoms with Crippen molar-refractivity contribution in [1.82, 2.24) is 25.4 Å². The van der Waals surface area contributed by atoms with Crippen LogP contribution in [0.3, 0.4) is 0 Å². The van der Waals surface area contributed by atoms with Gasteiger partial charge in [0, 0.05) is 17.5 Å². The molecule has 3 aromatic rings. The molecule has 32 heavy (non-hydrogen) atoms. The molecule has 11 heteroatoms. The number of aryl methyl sites for hydroxylation is 2. The van der Waals surface area contributed by atoms with Gasteiger partial charge in [0.2, 0.25) is 10.0 Å². The van der Waals surface area contributed by atoms with Crippen molar-refractivity contribution in [3.63, 3.8) is 0 Å². The van der Waals surface area contributed by atoms with Crippen LogP contribution in [0.15, 0.2) is 52.2 Å². The van der Waals surface area contributed by atoms with Gasteiger partial charge >= 0.3 is 0 Å². The molecule has 0 radical (unpaired) electrons. The van der Waals surface area contributed by atoms with Crippen LogP contribution in [0.2, 0.25) is 0 Å². The molecule has 0 aliphatic heterocycles. The number of nitrogens with zero attached hydrogens (tertiary/aromatic N) is 2. The highest BCUT2D eigenvalue weighted by molar-refractivity contribution is 7.89. The zero-order chi connectivity index (χ0) is 23.5. The molecule has 2 aromatic carbocycles. The number of nitrogens with one attached hydrogen (secondary N) is 3. The Morgan fingerprint density at radius 1 is 1.03 bits per heavy atom. The molecule has 0 aliphatic rings. The van der Waals surface area contributed by atoms with Crippen molar-refractivity contribution in [3.05, 3.63) is 69.6 Å². The maximum atomic E-state index is 12.8. The van der Waals surface area contributed by atoms with Gasteiger partial charge in [-0.15, -0.1) is 0 Å². The monoisotopic (exact) mass is 457 g/mol. The normalized spacial score (nSPS) is 11.3. The van der Waals surface area contributed by atoms with Gasteiger partial charge < -0.3 is 0 Å². The van der Waals surface area contributed by atoms with Gasteiger partial charge in [-0.05, 0) is 44.2 Å². The summed E-state index contributed by atoms with van der Waals surface area (Å²) in [5, 5.41) is 4.87. The van der Waals surface area contributed by atoms with Crippen LogP contribution in [0.4, 0.5) is 0 Å². The molecule has 10 nitrogen and oxygen atoms in total. The number of fused-ring (bicyclic) bond motifs is 1. The fraction of sp³-hybridized carbons (Fsp3) is 0.238. The maximum absolute atomic E-state index is 12.8. The topological polar surface area (TPSA) is 139 Å². The minimum Gasteiger partial charge on any atom is -0.267 e. The Balaban J connectivity index is 1.89. The molecule has 1 aromatic heterocycles. The first-order chi connectivity index (χ1) is 15.2. The van der Waals surface area contributed by atoms with Crippen LogP contribution in [0.5, 0.6) is 0 Å². The Morgan fingerprint density at radius 3 is 2.34 bits per heavy atom. The zero-order valence-corrected chi connectivity index (χ0v) is 18.6. The molecule has 1 heterocycles. The maximum Gasteiger partial charge on any atom is 0.290 e. The lowest BCUT2D eigenvalue weighted by Gasteiger charge is -2.13. The van der Waals surface area contributed by atoms with Gasteiger partial charge in [-0.2, -0.15) is 5.10 Å². The predicted molar refractivity (Wildman–Crippen MR) is 119 cm³/mol. The number of amides is 2. The van der Waals surface area contributed by atoms with Crippen LogP contribution in [0.25, 0.3) is 10.8 Å². The Morgan fingerprint density at radius 2 is 1.69 bits per heavy atom. The molecule has 3 rings (SSSR count). The number of carbonyl (C=O) groups is 2. The van der Waals surface area contributed by atoms with Gasteiger partial charge in [-0.1, -0.05) is 31.2 Å². The number of carbonyl (C=O) groups excluding carboxylic acids is 2. The number of aromatic nitrogens is 2. The molecule has 0 unspecified atom stereocenters. The minimum absolute atomic E-state index is 0.0165. The Kier molecular flexibility index (Phi) is 6.70. The highest BCUT2D eigenvalue weighted by atomic mass is 32.2. The molecule has 2 amide bonds. The summed E-state index contributed by atoms with van der Waals surface area (Å²) < 4.78 is 27.5. The van der Waals surface area contributed by atoms with Crippen LogP contribution < -0.4 is 21.1 Å². The van der Waals surface area contributed by atoms with E-state index in [-0.39, 0.29) is 21.7 Å². The van der Waals surface area contributed by atoms with Crippen LogP contribution >= 0.6 is 0 Å². The van der Waals surface area contributed by atoms with Crippen molar-refractivity contribution in [2.24, 2.45) is 0 Å². The molecular weight excluding hydrogens is 434 g/mol. The molecule has 0 aliphatic carbocycles. The summed E-state index contributed by atoms with van der Waals surface area (Å²) in [4.78, 5) is 37.9. The van der Waals surface area contributed by atoms with E-state index in [9.17, 15) is 22.8 Å². The van der Waals surface area contributed by atoms with Gasteiger partial charge in [-0.3, -0.25) is 25.2 Å². The van der Waals surface area contributed by atoms with Gasteiger partial charge in [0.15, 0.2) is 5.69 Å². The van der Waals surface area contributed by atoms with Gasteiger partial charge in [0.25, 0.3) is 17.4 Å². The van der Waals surface area contributed by atoms with E-state index in [1.54, 1.807) is 31.2 Å². The van der Waals surface area contributed by atoms with Crippen LogP contribution in [0.1, 0.15) is 39.8 Å². The minimum atomic E-state index is -3.74. The smallest absolute Gasteiger partial charge is 0.267 e. The lowest BCUT2D eigenvalue weighted by Crippen LogP contribution is -2.43. The van der Waals surface area contributed by atoms with Crippen molar-refractivity contribution in [2.75, 3.05) is 7.05 Å². The van der Waals surface area contributed by atoms with Crippen molar-refractivity contribution in [1.29, 1.82) is 0 Å². The molecule has 0 spiro atoms. The lowest BCUT2D eigenvalue weighted by molar-refractivity contribution is 0.0843. The quantitative estimate of drug-likeness (QED) is 0.474. The first kappa shape index (κ1) is 23.1. The van der Waals surface area contributed by atoms with E-state index in [1.165, 1.54) is 29.9 Å². The molecular formula is C21H23N5O5S. The summed E-state index contributed by atoms with van der Waals surface area (Å²) in [5.74, 6) is -1.41. The highest BCUT2D eigenvalue weighted by Gasteiger charge is 2.19. The highest BCUT2D eigenvalue weighted by Crippen LogP contribution is 2.16. The van der Waals surface area contributed by atoms with Gasteiger partial charge in [0.1, 0.15) is 0 Å². The first-order valence-electron chi connectivity index (χ1n) is 9.84. The number of sulfonamides is 1. The zero-order valence-electron chi connectivity index (χ0n) is 17.8. The van der Waals surface area contributed by atoms with E-state index in [1.807, 2.05) is 6.92 Å². The molecule has 0 saturated heterocycles. The Bertz CT molecular complexity index is 1360. The number of benzene rings is 2. The van der Waals surface area contributed by atoms with Crippen molar-refractivity contribution in [2.45, 2.75) is 31.7 Å². The molecule has 3 N–H and O–H groups in total. The van der Waals surface area contributed by atoms with E-state index >= 15 is 0 Å². The SMILES string of the molecule is CCCn1nc(C(=O)NNC(=O)c2cc(S(=O)(=O)NC)ccc2C)c2ccccc2c1=O. The van der Waals surface area contributed by atoms with Crippen LogP contribution in [0, 0.1) is 6.92 Å². The summed E-state index contributed by atoms with van der Waals surface area (Å²) in [6.07, 6.45) is 0.647. The van der Waals surface area contributed by atoms with E-state index < -0.39 is 21.8 Å². The number of hydrogen-bond donors (Lipinski definition) is 3. The second kappa shape index (κ2) is 9.28. The average Bonchev–Trinajstić information content (AvgIpc) is 2.79. The number of hydrazine groups is 1. The Hall–Kier alpha value is -3.57. The fourth-order valence-corrected chi connectivity index (χ4v) is 3.89. The predicted octanol–water partition coefficient (Wildman–Crippen LogP) is 1.10. The van der Waals surface area contributed by atoms with E-state index in [0.717, 1.165) is 0 Å². The van der Waals surface area contributed by atoms with Crippen molar-refractivity contribution >= 4 is 32.6 Å². The lowest BCUT2D eigenvalue weighted by atomic mass is 10.1. The molecule has 0 bridgehead atoms. The Labute approximate surface area is 184 Å². The second-order valence-corrected chi connectivity index (χ2v) is 8.90. The fourth-order valence-electron chi connectivity index (χ4n) is 3.14. The summed E-state index contributed by atoms with van der Waals surface area (Å²) in [6, 6.07) is 10.7. The summed E-state index contributed by atoms with van der Waals surface area (Å²) >= 11 is 0. The first-order valence-corrected chi connectivity index (χ1v) is 11.3. The molecule has 0 saturated carbocycles. The van der Waals surface area contributed by atoms with E-state index in [2.05, 4.69) is 20.7 Å². The number of rotatable bonds is 6. The summed E-state index contributed by atoms with van der Waals surface area (Å²) in [5.41, 5.74) is 4.86. The number of hydrogen-bond acceptors (Lipinski definition) is 6. The van der Waals surface area contributed by atoms with Crippen molar-refractivity contribution < 1.29 is 18.0 Å². The average molecular weight is 458 g/mol. The molecule has 0 atom stereocenters. The summed E-state index contributed by atoms with van der Waals surface area (Å²) in [6.45, 7) is 3.86.